The highest BCUT2D eigenvalue weighted by atomic mass is 79.9. The van der Waals surface area contributed by atoms with Crippen LogP contribution in [-0.4, -0.2) is 23.4 Å². The lowest BCUT2D eigenvalue weighted by Crippen LogP contribution is -2.32. The molecule has 4 heteroatoms. The maximum atomic E-state index is 4.58. The molecule has 0 amide bonds. The second-order valence-electron chi connectivity index (χ2n) is 5.43. The van der Waals surface area contributed by atoms with Gasteiger partial charge in [0.1, 0.15) is 0 Å². The van der Waals surface area contributed by atoms with Gasteiger partial charge in [0.15, 0.2) is 0 Å². The number of aryl methyl sites for hydroxylation is 2. The Hall–Kier alpha value is -0.350. The van der Waals surface area contributed by atoms with E-state index >= 15 is 0 Å². The fourth-order valence-electron chi connectivity index (χ4n) is 2.71. The average molecular weight is 316 g/mol. The third kappa shape index (κ3) is 3.58. The first-order chi connectivity index (χ1) is 8.47. The van der Waals surface area contributed by atoms with Gasteiger partial charge in [-0.2, -0.15) is 5.10 Å². The number of hydrogen-bond donors (Lipinski definition) is 1. The van der Waals surface area contributed by atoms with Crippen LogP contribution in [0.4, 0.5) is 0 Å². The highest BCUT2D eigenvalue weighted by Crippen LogP contribution is 2.32. The molecule has 1 aromatic rings. The van der Waals surface area contributed by atoms with E-state index in [1.165, 1.54) is 23.0 Å². The Labute approximate surface area is 119 Å². The Morgan fingerprint density at radius 1 is 1.39 bits per heavy atom. The second kappa shape index (κ2) is 6.71. The van der Waals surface area contributed by atoms with Crippen molar-refractivity contribution in [3.8, 4) is 0 Å². The topological polar surface area (TPSA) is 29.9 Å². The van der Waals surface area contributed by atoms with Gasteiger partial charge < -0.3 is 5.32 Å². The minimum absolute atomic E-state index is 0.297. The molecule has 0 aliphatic rings. The zero-order chi connectivity index (χ0) is 13.8. The quantitative estimate of drug-likeness (QED) is 0.834. The van der Waals surface area contributed by atoms with E-state index in [1.807, 2.05) is 7.05 Å². The van der Waals surface area contributed by atoms with E-state index in [-0.39, 0.29) is 0 Å². The molecule has 0 bridgehead atoms. The second-order valence-corrected chi connectivity index (χ2v) is 6.22. The SMILES string of the molecule is CCCC(C)(CNC)Cc1c(Br)c(C)nn1CC. The van der Waals surface area contributed by atoms with Crippen LogP contribution in [0.15, 0.2) is 4.47 Å². The van der Waals surface area contributed by atoms with Crippen LogP contribution in [0, 0.1) is 12.3 Å². The van der Waals surface area contributed by atoms with Crippen LogP contribution in [0.5, 0.6) is 0 Å². The van der Waals surface area contributed by atoms with Crippen LogP contribution in [-0.2, 0) is 13.0 Å². The van der Waals surface area contributed by atoms with Gasteiger partial charge in [-0.1, -0.05) is 20.3 Å². The van der Waals surface area contributed by atoms with E-state index in [0.29, 0.717) is 5.41 Å². The van der Waals surface area contributed by atoms with Crippen LogP contribution in [0.2, 0.25) is 0 Å². The lowest BCUT2D eigenvalue weighted by atomic mass is 9.81. The summed E-state index contributed by atoms with van der Waals surface area (Å²) < 4.78 is 3.31. The molecule has 1 N–H and O–H groups in total. The summed E-state index contributed by atoms with van der Waals surface area (Å²) in [5, 5.41) is 7.91. The summed E-state index contributed by atoms with van der Waals surface area (Å²) >= 11 is 3.69. The van der Waals surface area contributed by atoms with Crippen LogP contribution in [0.3, 0.4) is 0 Å². The number of rotatable bonds is 7. The summed E-state index contributed by atoms with van der Waals surface area (Å²) in [6, 6.07) is 0. The molecule has 104 valence electrons. The summed E-state index contributed by atoms with van der Waals surface area (Å²) in [6.07, 6.45) is 3.51. The minimum Gasteiger partial charge on any atom is -0.319 e. The molecule has 1 heterocycles. The Balaban J connectivity index is 2.99. The standard InChI is InChI=1S/C14H26BrN3/c1-6-8-14(4,10-16-5)9-12-13(15)11(3)17-18(12)7-2/h16H,6-10H2,1-5H3. The Morgan fingerprint density at radius 2 is 2.06 bits per heavy atom. The normalized spacial score (nSPS) is 14.8. The molecule has 0 aromatic carbocycles. The predicted octanol–water partition coefficient (Wildman–Crippen LogP) is 3.54. The van der Waals surface area contributed by atoms with E-state index in [0.717, 1.165) is 25.2 Å². The van der Waals surface area contributed by atoms with E-state index in [9.17, 15) is 0 Å². The van der Waals surface area contributed by atoms with Gasteiger partial charge in [0.2, 0.25) is 0 Å². The van der Waals surface area contributed by atoms with Gasteiger partial charge in [-0.05, 0) is 55.1 Å². The Morgan fingerprint density at radius 3 is 2.56 bits per heavy atom. The Kier molecular flexibility index (Phi) is 5.86. The zero-order valence-corrected chi connectivity index (χ0v) is 13.9. The van der Waals surface area contributed by atoms with Crippen molar-refractivity contribution in [2.75, 3.05) is 13.6 Å². The van der Waals surface area contributed by atoms with Crippen molar-refractivity contribution in [1.82, 2.24) is 15.1 Å². The molecule has 18 heavy (non-hydrogen) atoms. The number of aromatic nitrogens is 2. The van der Waals surface area contributed by atoms with E-state index in [4.69, 9.17) is 0 Å². The summed E-state index contributed by atoms with van der Waals surface area (Å²) in [7, 11) is 2.03. The highest BCUT2D eigenvalue weighted by molar-refractivity contribution is 9.10. The van der Waals surface area contributed by atoms with E-state index < -0.39 is 0 Å². The molecular formula is C14H26BrN3. The first-order valence-electron chi connectivity index (χ1n) is 6.83. The highest BCUT2D eigenvalue weighted by Gasteiger charge is 2.26. The predicted molar refractivity (Wildman–Crippen MR) is 81.0 cm³/mol. The first-order valence-corrected chi connectivity index (χ1v) is 7.63. The number of halogens is 1. The Bertz CT molecular complexity index is 379. The molecule has 0 spiro atoms. The number of nitrogens with zero attached hydrogens (tertiary/aromatic N) is 2. The van der Waals surface area contributed by atoms with Gasteiger partial charge in [0, 0.05) is 13.1 Å². The van der Waals surface area contributed by atoms with Crippen molar-refractivity contribution in [3.05, 3.63) is 15.9 Å². The molecule has 0 saturated heterocycles. The third-order valence-electron chi connectivity index (χ3n) is 3.50. The largest absolute Gasteiger partial charge is 0.319 e. The molecule has 0 aliphatic heterocycles. The maximum Gasteiger partial charge on any atom is 0.0738 e. The van der Waals surface area contributed by atoms with Crippen molar-refractivity contribution in [2.45, 2.75) is 53.5 Å². The smallest absolute Gasteiger partial charge is 0.0738 e. The van der Waals surface area contributed by atoms with E-state index in [1.54, 1.807) is 0 Å². The monoisotopic (exact) mass is 315 g/mol. The first kappa shape index (κ1) is 15.7. The molecule has 1 atom stereocenters. The molecule has 0 fully saturated rings. The summed E-state index contributed by atoms with van der Waals surface area (Å²) in [5.74, 6) is 0. The van der Waals surface area contributed by atoms with Crippen LogP contribution >= 0.6 is 15.9 Å². The third-order valence-corrected chi connectivity index (χ3v) is 4.54. The lowest BCUT2D eigenvalue weighted by molar-refractivity contribution is 0.275. The molecular weight excluding hydrogens is 290 g/mol. The molecule has 0 radical (unpaired) electrons. The van der Waals surface area contributed by atoms with Crippen LogP contribution in [0.25, 0.3) is 0 Å². The molecule has 0 aliphatic carbocycles. The van der Waals surface area contributed by atoms with Crippen molar-refractivity contribution in [1.29, 1.82) is 0 Å². The summed E-state index contributed by atoms with van der Waals surface area (Å²) in [6.45, 7) is 10.8. The average Bonchev–Trinajstić information content (AvgIpc) is 2.57. The van der Waals surface area contributed by atoms with Gasteiger partial charge >= 0.3 is 0 Å². The van der Waals surface area contributed by atoms with Crippen molar-refractivity contribution < 1.29 is 0 Å². The van der Waals surface area contributed by atoms with Gasteiger partial charge in [-0.25, -0.2) is 0 Å². The zero-order valence-electron chi connectivity index (χ0n) is 12.3. The van der Waals surface area contributed by atoms with Gasteiger partial charge in [0.05, 0.1) is 15.9 Å². The van der Waals surface area contributed by atoms with Crippen molar-refractivity contribution in [3.63, 3.8) is 0 Å². The molecule has 1 aromatic heterocycles. The van der Waals surface area contributed by atoms with E-state index in [2.05, 4.69) is 58.7 Å². The fourth-order valence-corrected chi connectivity index (χ4v) is 3.14. The van der Waals surface area contributed by atoms with Gasteiger partial charge in [0.25, 0.3) is 0 Å². The lowest BCUT2D eigenvalue weighted by Gasteiger charge is -2.29. The number of hydrogen-bond acceptors (Lipinski definition) is 2. The van der Waals surface area contributed by atoms with Crippen LogP contribution < -0.4 is 5.32 Å². The number of nitrogens with one attached hydrogen (secondary N) is 1. The fraction of sp³-hybridized carbons (Fsp3) is 0.786. The summed E-state index contributed by atoms with van der Waals surface area (Å²) in [5.41, 5.74) is 2.72. The summed E-state index contributed by atoms with van der Waals surface area (Å²) in [4.78, 5) is 0. The maximum absolute atomic E-state index is 4.58. The van der Waals surface area contributed by atoms with Crippen molar-refractivity contribution in [2.24, 2.45) is 5.41 Å². The molecule has 1 rings (SSSR count). The van der Waals surface area contributed by atoms with Gasteiger partial charge in [-0.3, -0.25) is 4.68 Å². The molecule has 3 nitrogen and oxygen atoms in total. The van der Waals surface area contributed by atoms with Crippen molar-refractivity contribution >= 4 is 15.9 Å². The molecule has 0 saturated carbocycles. The minimum atomic E-state index is 0.297. The molecule has 1 unspecified atom stereocenters. The van der Waals surface area contributed by atoms with Crippen LogP contribution in [0.1, 0.15) is 45.0 Å². The van der Waals surface area contributed by atoms with Gasteiger partial charge in [-0.15, -0.1) is 0 Å².